The summed E-state index contributed by atoms with van der Waals surface area (Å²) in [6, 6.07) is 0. The Kier molecular flexibility index (Phi) is 5.88. The zero-order valence-corrected chi connectivity index (χ0v) is 6.78. The van der Waals surface area contributed by atoms with Crippen molar-refractivity contribution >= 4 is 15.9 Å². The molecule has 2 heteroatoms. The van der Waals surface area contributed by atoms with Gasteiger partial charge in [-0.1, -0.05) is 22.9 Å². The molecule has 49 valence electrons. The lowest BCUT2D eigenvalue weighted by molar-refractivity contribution is 0.183. The third kappa shape index (κ3) is 4.60. The summed E-state index contributed by atoms with van der Waals surface area (Å²) < 4.78 is 0. The standard InChI is InChI=1S/C6H12BrO/c1-6(5-7)3-2-4-8/h6H,2-5H2,1H3. The van der Waals surface area contributed by atoms with Gasteiger partial charge in [-0.25, -0.2) is 5.11 Å². The van der Waals surface area contributed by atoms with Crippen molar-refractivity contribution in [3.05, 3.63) is 0 Å². The van der Waals surface area contributed by atoms with E-state index in [0.29, 0.717) is 5.92 Å². The van der Waals surface area contributed by atoms with Crippen LogP contribution in [0.15, 0.2) is 0 Å². The lowest BCUT2D eigenvalue weighted by Crippen LogP contribution is -1.95. The van der Waals surface area contributed by atoms with Crippen LogP contribution in [-0.4, -0.2) is 11.9 Å². The van der Waals surface area contributed by atoms with Gasteiger partial charge >= 0.3 is 0 Å². The zero-order chi connectivity index (χ0) is 6.41. The Morgan fingerprint density at radius 1 is 1.62 bits per heavy atom. The van der Waals surface area contributed by atoms with Crippen molar-refractivity contribution in [1.29, 1.82) is 0 Å². The van der Waals surface area contributed by atoms with Gasteiger partial charge in [0.2, 0.25) is 0 Å². The molecule has 0 spiro atoms. The molecule has 0 N–H and O–H groups in total. The van der Waals surface area contributed by atoms with E-state index in [2.05, 4.69) is 22.9 Å². The van der Waals surface area contributed by atoms with Gasteiger partial charge in [-0.3, -0.25) is 0 Å². The van der Waals surface area contributed by atoms with Gasteiger partial charge in [-0.05, 0) is 18.8 Å². The van der Waals surface area contributed by atoms with Crippen molar-refractivity contribution in [2.45, 2.75) is 19.8 Å². The quantitative estimate of drug-likeness (QED) is 0.591. The maximum atomic E-state index is 9.93. The molecule has 1 radical (unpaired) electrons. The van der Waals surface area contributed by atoms with Gasteiger partial charge in [-0.15, -0.1) is 0 Å². The van der Waals surface area contributed by atoms with Crippen LogP contribution in [0.5, 0.6) is 0 Å². The predicted molar refractivity (Wildman–Crippen MR) is 37.7 cm³/mol. The molecule has 0 aromatic carbocycles. The highest BCUT2D eigenvalue weighted by atomic mass is 79.9. The zero-order valence-electron chi connectivity index (χ0n) is 5.19. The largest absolute Gasteiger partial charge is 0.237 e. The van der Waals surface area contributed by atoms with E-state index in [0.717, 1.165) is 18.2 Å². The van der Waals surface area contributed by atoms with E-state index in [1.165, 1.54) is 0 Å². The molecule has 1 nitrogen and oxygen atoms in total. The van der Waals surface area contributed by atoms with Crippen molar-refractivity contribution in [3.63, 3.8) is 0 Å². The minimum Gasteiger partial charge on any atom is -0.237 e. The highest BCUT2D eigenvalue weighted by Crippen LogP contribution is 2.06. The number of hydrogen-bond acceptors (Lipinski definition) is 0. The Morgan fingerprint density at radius 3 is 2.62 bits per heavy atom. The Morgan fingerprint density at radius 2 is 2.25 bits per heavy atom. The van der Waals surface area contributed by atoms with Crippen LogP contribution in [0.25, 0.3) is 0 Å². The lowest BCUT2D eigenvalue weighted by atomic mass is 10.1. The maximum absolute atomic E-state index is 9.93. The molecule has 0 aliphatic carbocycles. The molecular formula is C6H12BrO. The molecule has 0 aromatic rings. The fourth-order valence-corrected chi connectivity index (χ4v) is 0.833. The highest BCUT2D eigenvalue weighted by molar-refractivity contribution is 9.09. The van der Waals surface area contributed by atoms with Crippen molar-refractivity contribution in [2.24, 2.45) is 5.92 Å². The minimum absolute atomic E-state index is 0.0807. The number of alkyl halides is 1. The first-order chi connectivity index (χ1) is 3.81. The Balaban J connectivity index is 2.86. The summed E-state index contributed by atoms with van der Waals surface area (Å²) in [4.78, 5) is 0. The fraction of sp³-hybridized carbons (Fsp3) is 1.00. The monoisotopic (exact) mass is 179 g/mol. The summed E-state index contributed by atoms with van der Waals surface area (Å²) >= 11 is 3.34. The van der Waals surface area contributed by atoms with Gasteiger partial charge in [0, 0.05) is 5.33 Å². The predicted octanol–water partition coefficient (Wildman–Crippen LogP) is 2.23. The topological polar surface area (TPSA) is 19.9 Å². The van der Waals surface area contributed by atoms with Crippen molar-refractivity contribution in [2.75, 3.05) is 11.9 Å². The van der Waals surface area contributed by atoms with E-state index >= 15 is 0 Å². The molecule has 0 heterocycles. The van der Waals surface area contributed by atoms with Crippen LogP contribution in [0.2, 0.25) is 0 Å². The Hall–Kier alpha value is 0.440. The lowest BCUT2D eigenvalue weighted by Gasteiger charge is -2.02. The van der Waals surface area contributed by atoms with Gasteiger partial charge in [0.1, 0.15) is 0 Å². The molecule has 0 rings (SSSR count). The number of rotatable bonds is 4. The second-order valence-corrected chi connectivity index (χ2v) is 2.75. The molecule has 0 aromatic heterocycles. The SMILES string of the molecule is CC(CBr)CCC[O]. The highest BCUT2D eigenvalue weighted by Gasteiger charge is 1.96. The van der Waals surface area contributed by atoms with E-state index < -0.39 is 0 Å². The summed E-state index contributed by atoms with van der Waals surface area (Å²) in [5.41, 5.74) is 0. The molecule has 0 fully saturated rings. The summed E-state index contributed by atoms with van der Waals surface area (Å²) in [7, 11) is 0. The first kappa shape index (κ1) is 8.44. The summed E-state index contributed by atoms with van der Waals surface area (Å²) in [5.74, 6) is 0.670. The molecule has 0 amide bonds. The van der Waals surface area contributed by atoms with E-state index in [-0.39, 0.29) is 6.61 Å². The van der Waals surface area contributed by atoms with Gasteiger partial charge in [0.15, 0.2) is 0 Å². The fourth-order valence-electron chi connectivity index (χ4n) is 0.509. The summed E-state index contributed by atoms with van der Waals surface area (Å²) in [6.07, 6.45) is 1.89. The average molecular weight is 180 g/mol. The van der Waals surface area contributed by atoms with Crippen LogP contribution >= 0.6 is 15.9 Å². The Bertz CT molecular complexity index is 47.8. The van der Waals surface area contributed by atoms with Crippen LogP contribution in [0, 0.1) is 5.92 Å². The number of halogens is 1. The normalized spacial score (nSPS) is 13.9. The minimum atomic E-state index is 0.0807. The summed E-state index contributed by atoms with van der Waals surface area (Å²) in [6.45, 7) is 2.22. The van der Waals surface area contributed by atoms with E-state index in [1.54, 1.807) is 0 Å². The Labute approximate surface area is 59.2 Å². The van der Waals surface area contributed by atoms with Crippen LogP contribution in [0.4, 0.5) is 0 Å². The first-order valence-electron chi connectivity index (χ1n) is 2.95. The van der Waals surface area contributed by atoms with Crippen LogP contribution in [0.3, 0.4) is 0 Å². The van der Waals surface area contributed by atoms with Crippen molar-refractivity contribution in [1.82, 2.24) is 0 Å². The molecule has 1 unspecified atom stereocenters. The van der Waals surface area contributed by atoms with Crippen molar-refractivity contribution in [3.8, 4) is 0 Å². The van der Waals surface area contributed by atoms with Gasteiger partial charge in [0.25, 0.3) is 0 Å². The number of hydrogen-bond donors (Lipinski definition) is 0. The third-order valence-electron chi connectivity index (χ3n) is 1.10. The smallest absolute Gasteiger partial charge is 0.0822 e. The molecule has 8 heavy (non-hydrogen) atoms. The van der Waals surface area contributed by atoms with Gasteiger partial charge in [0.05, 0.1) is 6.61 Å². The maximum Gasteiger partial charge on any atom is 0.0822 e. The molecule has 0 aliphatic rings. The van der Waals surface area contributed by atoms with E-state index in [1.807, 2.05) is 0 Å². The summed E-state index contributed by atoms with van der Waals surface area (Å²) in [5, 5.41) is 11.0. The first-order valence-corrected chi connectivity index (χ1v) is 4.07. The molecule has 0 saturated carbocycles. The van der Waals surface area contributed by atoms with E-state index in [9.17, 15) is 5.11 Å². The molecule has 1 atom stereocenters. The van der Waals surface area contributed by atoms with E-state index in [4.69, 9.17) is 0 Å². The second kappa shape index (κ2) is 5.57. The second-order valence-electron chi connectivity index (χ2n) is 2.11. The van der Waals surface area contributed by atoms with Crippen LogP contribution < -0.4 is 0 Å². The van der Waals surface area contributed by atoms with Crippen LogP contribution in [-0.2, 0) is 5.11 Å². The molecule has 0 aliphatic heterocycles. The molecular weight excluding hydrogens is 168 g/mol. The van der Waals surface area contributed by atoms with Gasteiger partial charge in [-0.2, -0.15) is 0 Å². The van der Waals surface area contributed by atoms with Crippen LogP contribution in [0.1, 0.15) is 19.8 Å². The van der Waals surface area contributed by atoms with Gasteiger partial charge < -0.3 is 0 Å². The average Bonchev–Trinajstić information content (AvgIpc) is 1.83. The van der Waals surface area contributed by atoms with Crippen molar-refractivity contribution < 1.29 is 5.11 Å². The molecule has 0 saturated heterocycles. The molecule has 0 bridgehead atoms. The third-order valence-corrected chi connectivity index (χ3v) is 2.21.